The molecule has 0 spiro atoms. The van der Waals surface area contributed by atoms with Crippen LogP contribution in [0.25, 0.3) is 86.0 Å². The van der Waals surface area contributed by atoms with Crippen molar-refractivity contribution in [1.29, 1.82) is 0 Å². The minimum atomic E-state index is 0.990. The zero-order chi connectivity index (χ0) is 28.3. The highest BCUT2D eigenvalue weighted by Gasteiger charge is 2.17. The van der Waals surface area contributed by atoms with E-state index < -0.39 is 0 Å². The Kier molecular flexibility index (Phi) is 5.44. The summed E-state index contributed by atoms with van der Waals surface area (Å²) in [5.74, 6) is 0. The van der Waals surface area contributed by atoms with E-state index in [1.165, 1.54) is 74.7 Å². The van der Waals surface area contributed by atoms with Crippen molar-refractivity contribution in [2.75, 3.05) is 0 Å². The molecule has 0 aliphatic heterocycles. The number of hydrogen-bond donors (Lipinski definition) is 0. The molecule has 0 unspecified atom stereocenters. The molecule has 0 saturated heterocycles. The predicted octanol–water partition coefficient (Wildman–Crippen LogP) is 11.9. The van der Waals surface area contributed by atoms with Crippen molar-refractivity contribution in [2.24, 2.45) is 0 Å². The van der Waals surface area contributed by atoms with E-state index in [-0.39, 0.29) is 0 Å². The second-order valence-electron chi connectivity index (χ2n) is 11.1. The van der Waals surface area contributed by atoms with Gasteiger partial charge in [-0.25, -0.2) is 0 Å². The van der Waals surface area contributed by atoms with Crippen LogP contribution in [0.3, 0.4) is 0 Å². The van der Waals surface area contributed by atoms with Crippen LogP contribution in [0.5, 0.6) is 0 Å². The van der Waals surface area contributed by atoms with Gasteiger partial charge in [0.15, 0.2) is 0 Å². The minimum Gasteiger partial charge on any atom is -0.256 e. The highest BCUT2D eigenvalue weighted by Crippen LogP contribution is 2.43. The van der Waals surface area contributed by atoms with Gasteiger partial charge in [-0.2, -0.15) is 0 Å². The van der Waals surface area contributed by atoms with Crippen molar-refractivity contribution in [3.63, 3.8) is 0 Å². The highest BCUT2D eigenvalue weighted by atomic mass is 32.1. The molecule has 0 aliphatic rings. The molecule has 0 fully saturated rings. The van der Waals surface area contributed by atoms with Gasteiger partial charge in [-0.15, -0.1) is 11.3 Å². The van der Waals surface area contributed by atoms with Crippen LogP contribution in [-0.2, 0) is 0 Å². The maximum Gasteiger partial charge on any atom is 0.0714 e. The van der Waals surface area contributed by atoms with Crippen LogP contribution < -0.4 is 0 Å². The maximum absolute atomic E-state index is 5.10. The molecule has 43 heavy (non-hydrogen) atoms. The van der Waals surface area contributed by atoms with E-state index in [9.17, 15) is 0 Å². The van der Waals surface area contributed by atoms with Crippen molar-refractivity contribution in [3.8, 4) is 33.5 Å². The summed E-state index contributed by atoms with van der Waals surface area (Å²) in [5, 5.41) is 10.1. The molecule has 0 aliphatic carbocycles. The predicted molar refractivity (Wildman–Crippen MR) is 186 cm³/mol. The third-order valence-electron chi connectivity index (χ3n) is 8.68. The van der Waals surface area contributed by atoms with Crippen molar-refractivity contribution in [1.82, 2.24) is 4.98 Å². The van der Waals surface area contributed by atoms with Crippen LogP contribution >= 0.6 is 11.3 Å². The molecule has 0 N–H and O–H groups in total. The summed E-state index contributed by atoms with van der Waals surface area (Å²) >= 11 is 1.87. The molecule has 0 amide bonds. The van der Waals surface area contributed by atoms with Gasteiger partial charge in [0.1, 0.15) is 0 Å². The summed E-state index contributed by atoms with van der Waals surface area (Å²) in [6.07, 6.45) is 2.04. The van der Waals surface area contributed by atoms with Gasteiger partial charge in [-0.1, -0.05) is 115 Å². The summed E-state index contributed by atoms with van der Waals surface area (Å²) in [6.45, 7) is 0. The van der Waals surface area contributed by atoms with Crippen molar-refractivity contribution < 1.29 is 0 Å². The van der Waals surface area contributed by atoms with Crippen molar-refractivity contribution in [3.05, 3.63) is 152 Å². The average Bonchev–Trinajstić information content (AvgIpc) is 3.43. The van der Waals surface area contributed by atoms with Crippen LogP contribution in [0, 0.1) is 0 Å². The SMILES string of the molecule is c1ccc(-c2c3ccccc3c(-c3ccc(-c4ccc5sc6cc7ccccc7cc6c5c4)cn3)c3ccccc23)cc1. The van der Waals surface area contributed by atoms with E-state index in [0.29, 0.717) is 0 Å². The fourth-order valence-corrected chi connectivity index (χ4v) is 7.79. The lowest BCUT2D eigenvalue weighted by atomic mass is 9.87. The smallest absolute Gasteiger partial charge is 0.0714 e. The molecular weight excluding hydrogens is 539 g/mol. The summed E-state index contributed by atoms with van der Waals surface area (Å²) < 4.78 is 2.65. The second-order valence-corrected chi connectivity index (χ2v) is 12.2. The molecule has 0 radical (unpaired) electrons. The first-order valence-corrected chi connectivity index (χ1v) is 15.4. The third-order valence-corrected chi connectivity index (χ3v) is 9.82. The zero-order valence-corrected chi connectivity index (χ0v) is 24.1. The Labute approximate surface area is 253 Å². The Morgan fingerprint density at radius 2 is 0.953 bits per heavy atom. The van der Waals surface area contributed by atoms with Crippen LogP contribution in [0.15, 0.2) is 152 Å². The Hall–Kier alpha value is -5.31. The molecule has 9 rings (SSSR count). The van der Waals surface area contributed by atoms with E-state index in [1.54, 1.807) is 0 Å². The number of hydrogen-bond acceptors (Lipinski definition) is 2. The van der Waals surface area contributed by atoms with E-state index in [0.717, 1.165) is 11.3 Å². The Balaban J connectivity index is 1.20. The number of benzene rings is 7. The van der Waals surface area contributed by atoms with Crippen LogP contribution in [0.2, 0.25) is 0 Å². The fourth-order valence-electron chi connectivity index (χ4n) is 6.67. The van der Waals surface area contributed by atoms with E-state index in [1.807, 2.05) is 17.5 Å². The van der Waals surface area contributed by atoms with Gasteiger partial charge in [0, 0.05) is 37.5 Å². The van der Waals surface area contributed by atoms with Crippen LogP contribution in [-0.4, -0.2) is 4.98 Å². The number of rotatable bonds is 3. The van der Waals surface area contributed by atoms with Crippen molar-refractivity contribution >= 4 is 63.8 Å². The first-order chi connectivity index (χ1) is 21.3. The summed E-state index contributed by atoms with van der Waals surface area (Å²) in [6, 6.07) is 52.7. The lowest BCUT2D eigenvalue weighted by Gasteiger charge is -2.17. The number of aromatic nitrogens is 1. The Bertz CT molecular complexity index is 2430. The maximum atomic E-state index is 5.10. The monoisotopic (exact) mass is 563 g/mol. The third kappa shape index (κ3) is 3.88. The quantitative estimate of drug-likeness (QED) is 0.195. The van der Waals surface area contributed by atoms with E-state index in [2.05, 4.69) is 146 Å². The Morgan fingerprint density at radius 3 is 1.63 bits per heavy atom. The summed E-state index contributed by atoms with van der Waals surface area (Å²) in [4.78, 5) is 5.10. The average molecular weight is 564 g/mol. The van der Waals surface area contributed by atoms with Gasteiger partial charge in [0.25, 0.3) is 0 Å². The summed E-state index contributed by atoms with van der Waals surface area (Å²) in [5.41, 5.74) is 6.99. The molecule has 7 aromatic carbocycles. The zero-order valence-electron chi connectivity index (χ0n) is 23.3. The first kappa shape index (κ1) is 24.3. The van der Waals surface area contributed by atoms with E-state index in [4.69, 9.17) is 4.98 Å². The highest BCUT2D eigenvalue weighted by molar-refractivity contribution is 7.25. The molecule has 0 saturated carbocycles. The Morgan fingerprint density at radius 1 is 0.372 bits per heavy atom. The molecular formula is C41H25NS. The molecule has 1 nitrogen and oxygen atoms in total. The largest absolute Gasteiger partial charge is 0.256 e. The summed E-state index contributed by atoms with van der Waals surface area (Å²) in [7, 11) is 0. The van der Waals surface area contributed by atoms with Gasteiger partial charge in [0.05, 0.1) is 5.69 Å². The minimum absolute atomic E-state index is 0.990. The molecule has 200 valence electrons. The molecule has 0 bridgehead atoms. The van der Waals surface area contributed by atoms with Gasteiger partial charge < -0.3 is 0 Å². The van der Waals surface area contributed by atoms with Gasteiger partial charge >= 0.3 is 0 Å². The molecule has 2 aromatic heterocycles. The molecule has 0 atom stereocenters. The number of pyridine rings is 1. The first-order valence-electron chi connectivity index (χ1n) is 14.6. The van der Waals surface area contributed by atoms with Crippen LogP contribution in [0.4, 0.5) is 0 Å². The van der Waals surface area contributed by atoms with Crippen molar-refractivity contribution in [2.45, 2.75) is 0 Å². The normalized spacial score (nSPS) is 11.7. The number of nitrogens with zero attached hydrogens (tertiary/aromatic N) is 1. The van der Waals surface area contributed by atoms with Gasteiger partial charge in [-0.3, -0.25) is 4.98 Å². The topological polar surface area (TPSA) is 12.9 Å². The molecule has 2 heteroatoms. The van der Waals surface area contributed by atoms with Gasteiger partial charge in [0.2, 0.25) is 0 Å². The molecule has 9 aromatic rings. The van der Waals surface area contributed by atoms with Gasteiger partial charge in [-0.05, 0) is 79.3 Å². The number of thiophene rings is 1. The van der Waals surface area contributed by atoms with E-state index >= 15 is 0 Å². The standard InChI is InChI=1S/C41H25NS/c1-2-10-26(11-3-1)40-31-14-6-8-16-33(31)41(34-17-9-7-15-32(34)40)37-20-18-30(25-42-37)29-19-21-38-35(23-29)36-22-27-12-4-5-13-28(27)24-39(36)43-38/h1-25H. The fraction of sp³-hybridized carbons (Fsp3) is 0. The number of fused-ring (bicyclic) bond motifs is 6. The lowest BCUT2D eigenvalue weighted by molar-refractivity contribution is 1.34. The second kappa shape index (κ2) is 9.62. The van der Waals surface area contributed by atoms with Crippen LogP contribution in [0.1, 0.15) is 0 Å². The molecule has 2 heterocycles. The lowest BCUT2D eigenvalue weighted by Crippen LogP contribution is -1.92.